The average molecular weight is 305 g/mol. The summed E-state index contributed by atoms with van der Waals surface area (Å²) < 4.78 is 11.2. The lowest BCUT2D eigenvalue weighted by atomic mass is 10.0. The van der Waals surface area contributed by atoms with Gasteiger partial charge in [0.05, 0.1) is 26.7 Å². The van der Waals surface area contributed by atoms with Crippen LogP contribution >= 0.6 is 0 Å². The molecule has 2 aromatic rings. The highest BCUT2D eigenvalue weighted by Crippen LogP contribution is 2.31. The van der Waals surface area contributed by atoms with Crippen LogP contribution in [0, 0.1) is 0 Å². The molecule has 1 unspecified atom stereocenters. The van der Waals surface area contributed by atoms with Gasteiger partial charge in [-0.05, 0) is 12.1 Å². The minimum absolute atomic E-state index is 0.138. The first-order valence-electron chi connectivity index (χ1n) is 6.26. The van der Waals surface area contributed by atoms with Gasteiger partial charge in [-0.15, -0.1) is 0 Å². The van der Waals surface area contributed by atoms with Crippen LogP contribution in [-0.2, 0) is 4.79 Å². The molecule has 0 aliphatic carbocycles. The largest absolute Gasteiger partial charge is 0.497 e. The molecule has 0 spiro atoms. The van der Waals surface area contributed by atoms with E-state index in [9.17, 15) is 14.7 Å². The van der Waals surface area contributed by atoms with E-state index in [0.717, 1.165) is 10.9 Å². The molecule has 1 aromatic carbocycles. The van der Waals surface area contributed by atoms with Crippen molar-refractivity contribution < 1.29 is 19.4 Å². The van der Waals surface area contributed by atoms with Crippen LogP contribution in [0.3, 0.4) is 0 Å². The van der Waals surface area contributed by atoms with Crippen LogP contribution in [0.15, 0.2) is 35.5 Å². The van der Waals surface area contributed by atoms with Crippen molar-refractivity contribution in [1.82, 2.24) is 9.55 Å². The van der Waals surface area contributed by atoms with Crippen LogP contribution in [0.25, 0.3) is 0 Å². The first-order chi connectivity index (χ1) is 10.5. The Hall–Kier alpha value is -3.03. The zero-order valence-corrected chi connectivity index (χ0v) is 12.0. The minimum atomic E-state index is -1.32. The fourth-order valence-corrected chi connectivity index (χ4v) is 2.07. The zero-order chi connectivity index (χ0) is 16.3. The number of aromatic nitrogens is 2. The lowest BCUT2D eigenvalue weighted by molar-refractivity contribution is -0.139. The second-order valence-corrected chi connectivity index (χ2v) is 4.41. The van der Waals surface area contributed by atoms with Gasteiger partial charge in [0.2, 0.25) is 0 Å². The van der Waals surface area contributed by atoms with E-state index in [2.05, 4.69) is 4.98 Å². The van der Waals surface area contributed by atoms with E-state index in [1.165, 1.54) is 32.5 Å². The summed E-state index contributed by atoms with van der Waals surface area (Å²) >= 11 is 0. The molecular weight excluding hydrogens is 290 g/mol. The second-order valence-electron chi connectivity index (χ2n) is 4.41. The molecule has 0 saturated carbocycles. The smallest absolute Gasteiger partial charge is 0.331 e. The summed E-state index contributed by atoms with van der Waals surface area (Å²) in [4.78, 5) is 27.5. The van der Waals surface area contributed by atoms with Gasteiger partial charge in [-0.2, -0.15) is 0 Å². The number of rotatable bonds is 5. The highest BCUT2D eigenvalue weighted by molar-refractivity contribution is 5.77. The molecule has 22 heavy (non-hydrogen) atoms. The van der Waals surface area contributed by atoms with Gasteiger partial charge in [-0.25, -0.2) is 9.78 Å². The summed E-state index contributed by atoms with van der Waals surface area (Å²) in [5.74, 6) is -0.457. The number of nitrogen functional groups attached to an aromatic ring is 1. The van der Waals surface area contributed by atoms with E-state index in [1.54, 1.807) is 6.07 Å². The van der Waals surface area contributed by atoms with Gasteiger partial charge in [0.1, 0.15) is 17.2 Å². The van der Waals surface area contributed by atoms with Crippen LogP contribution in [-0.4, -0.2) is 34.8 Å². The lowest BCUT2D eigenvalue weighted by Gasteiger charge is -2.19. The molecule has 1 atom stereocenters. The standard InChI is InChI=1S/C14H15N3O5/c1-21-8-3-4-9(11(5-8)22-2)12(14(19)20)17-7-16-6-10(15)13(17)18/h3-7,12H,15H2,1-2H3,(H,19,20). The Morgan fingerprint density at radius 2 is 2.09 bits per heavy atom. The minimum Gasteiger partial charge on any atom is -0.497 e. The van der Waals surface area contributed by atoms with Crippen molar-refractivity contribution in [3.8, 4) is 11.5 Å². The first-order valence-corrected chi connectivity index (χ1v) is 6.26. The quantitative estimate of drug-likeness (QED) is 0.826. The van der Waals surface area contributed by atoms with E-state index in [-0.39, 0.29) is 17.0 Å². The number of ether oxygens (including phenoxy) is 2. The fraction of sp³-hybridized carbons (Fsp3) is 0.214. The molecule has 0 bridgehead atoms. The van der Waals surface area contributed by atoms with Gasteiger partial charge in [-0.3, -0.25) is 9.36 Å². The third-order valence-electron chi connectivity index (χ3n) is 3.13. The number of hydrogen-bond donors (Lipinski definition) is 2. The first kappa shape index (κ1) is 15.4. The molecule has 116 valence electrons. The molecule has 8 heteroatoms. The Morgan fingerprint density at radius 3 is 2.68 bits per heavy atom. The van der Waals surface area contributed by atoms with Crippen molar-refractivity contribution in [2.75, 3.05) is 20.0 Å². The topological polar surface area (TPSA) is 117 Å². The number of carboxylic acid groups (broad SMARTS) is 1. The van der Waals surface area contributed by atoms with Gasteiger partial charge in [0.25, 0.3) is 5.56 Å². The summed E-state index contributed by atoms with van der Waals surface area (Å²) in [7, 11) is 2.88. The summed E-state index contributed by atoms with van der Waals surface area (Å²) in [6, 6.07) is 3.32. The summed E-state index contributed by atoms with van der Waals surface area (Å²) in [5.41, 5.74) is 5.02. The monoisotopic (exact) mass is 305 g/mol. The Labute approximate surface area is 125 Å². The third-order valence-corrected chi connectivity index (χ3v) is 3.13. The van der Waals surface area contributed by atoms with Crippen molar-refractivity contribution in [3.05, 3.63) is 46.6 Å². The molecule has 3 N–H and O–H groups in total. The van der Waals surface area contributed by atoms with Crippen molar-refractivity contribution in [3.63, 3.8) is 0 Å². The highest BCUT2D eigenvalue weighted by atomic mass is 16.5. The zero-order valence-electron chi connectivity index (χ0n) is 12.0. The van der Waals surface area contributed by atoms with Crippen molar-refractivity contribution in [2.45, 2.75) is 6.04 Å². The molecule has 0 aliphatic rings. The van der Waals surface area contributed by atoms with E-state index in [1.807, 2.05) is 0 Å². The van der Waals surface area contributed by atoms with Crippen LogP contribution < -0.4 is 20.8 Å². The number of hydrogen-bond acceptors (Lipinski definition) is 6. The second kappa shape index (κ2) is 6.17. The Bertz CT molecular complexity index is 756. The van der Waals surface area contributed by atoms with Crippen LogP contribution in [0.2, 0.25) is 0 Å². The molecule has 2 rings (SSSR count). The lowest BCUT2D eigenvalue weighted by Crippen LogP contribution is -2.32. The maximum absolute atomic E-state index is 12.1. The molecule has 1 aromatic heterocycles. The molecule has 0 fully saturated rings. The van der Waals surface area contributed by atoms with Crippen LogP contribution in [0.4, 0.5) is 5.69 Å². The van der Waals surface area contributed by atoms with Gasteiger partial charge in [0.15, 0.2) is 6.04 Å². The SMILES string of the molecule is COc1ccc(C(C(=O)O)n2cncc(N)c2=O)c(OC)c1. The van der Waals surface area contributed by atoms with E-state index in [0.29, 0.717) is 5.75 Å². The Balaban J connectivity index is 2.66. The van der Waals surface area contributed by atoms with E-state index >= 15 is 0 Å². The number of carboxylic acids is 1. The predicted octanol–water partition coefficient (Wildman–Crippen LogP) is 0.517. The van der Waals surface area contributed by atoms with Crippen molar-refractivity contribution >= 4 is 11.7 Å². The Morgan fingerprint density at radius 1 is 1.36 bits per heavy atom. The number of nitrogens with zero attached hydrogens (tertiary/aromatic N) is 2. The molecule has 0 saturated heterocycles. The number of methoxy groups -OCH3 is 2. The number of carbonyl (C=O) groups is 1. The van der Waals surface area contributed by atoms with Gasteiger partial charge < -0.3 is 20.3 Å². The normalized spacial score (nSPS) is 11.7. The number of benzene rings is 1. The van der Waals surface area contributed by atoms with Crippen LogP contribution in [0.5, 0.6) is 11.5 Å². The molecule has 0 aliphatic heterocycles. The highest BCUT2D eigenvalue weighted by Gasteiger charge is 2.27. The summed E-state index contributed by atoms with van der Waals surface area (Å²) in [6.07, 6.45) is 2.30. The summed E-state index contributed by atoms with van der Waals surface area (Å²) in [5, 5.41) is 9.53. The van der Waals surface area contributed by atoms with Crippen molar-refractivity contribution in [2.24, 2.45) is 0 Å². The molecule has 8 nitrogen and oxygen atoms in total. The summed E-state index contributed by atoms with van der Waals surface area (Å²) in [6.45, 7) is 0. The molecule has 0 radical (unpaired) electrons. The van der Waals surface area contributed by atoms with Gasteiger partial charge in [0, 0.05) is 11.6 Å². The third kappa shape index (κ3) is 2.71. The number of anilines is 1. The average Bonchev–Trinajstić information content (AvgIpc) is 2.51. The van der Waals surface area contributed by atoms with Crippen molar-refractivity contribution in [1.29, 1.82) is 0 Å². The maximum Gasteiger partial charge on any atom is 0.331 e. The van der Waals surface area contributed by atoms with Gasteiger partial charge >= 0.3 is 5.97 Å². The van der Waals surface area contributed by atoms with Gasteiger partial charge in [-0.1, -0.05) is 0 Å². The number of aliphatic carboxylic acids is 1. The molecular formula is C14H15N3O5. The number of nitrogens with two attached hydrogens (primary N) is 1. The molecule has 0 amide bonds. The Kier molecular flexibility index (Phi) is 4.31. The van der Waals surface area contributed by atoms with Crippen LogP contribution in [0.1, 0.15) is 11.6 Å². The predicted molar refractivity (Wildman–Crippen MR) is 78.2 cm³/mol. The fourth-order valence-electron chi connectivity index (χ4n) is 2.07. The van der Waals surface area contributed by atoms with E-state index < -0.39 is 17.6 Å². The molecule has 1 heterocycles. The maximum atomic E-state index is 12.1. The van der Waals surface area contributed by atoms with E-state index in [4.69, 9.17) is 15.2 Å².